The Balaban J connectivity index is 2.79. The van der Waals surface area contributed by atoms with Crippen LogP contribution in [0.15, 0.2) is 18.2 Å². The number of amides is 1. The lowest BCUT2D eigenvalue weighted by atomic mass is 10.3. The average molecular weight is 260 g/mol. The van der Waals surface area contributed by atoms with Gasteiger partial charge < -0.3 is 5.32 Å². The van der Waals surface area contributed by atoms with Crippen LogP contribution >= 0.6 is 0 Å². The molecular weight excluding hydrogens is 240 g/mol. The van der Waals surface area contributed by atoms with Gasteiger partial charge in [-0.05, 0) is 18.6 Å². The SMILES string of the molecule is CCCC(=O)Nc1cccc(C#C[Si](C)(C)C)n1. The van der Waals surface area contributed by atoms with Gasteiger partial charge in [0, 0.05) is 6.42 Å². The molecule has 0 radical (unpaired) electrons. The van der Waals surface area contributed by atoms with E-state index in [-0.39, 0.29) is 5.91 Å². The minimum Gasteiger partial charge on any atom is -0.311 e. The zero-order valence-electron chi connectivity index (χ0n) is 11.5. The van der Waals surface area contributed by atoms with E-state index in [1.54, 1.807) is 6.07 Å². The molecule has 0 spiro atoms. The topological polar surface area (TPSA) is 42.0 Å². The Morgan fingerprint density at radius 2 is 2.11 bits per heavy atom. The van der Waals surface area contributed by atoms with Crippen molar-refractivity contribution in [1.82, 2.24) is 4.98 Å². The predicted molar refractivity (Wildman–Crippen MR) is 78.0 cm³/mol. The molecule has 0 fully saturated rings. The molecule has 0 aliphatic rings. The highest BCUT2D eigenvalue weighted by molar-refractivity contribution is 6.83. The van der Waals surface area contributed by atoms with E-state index in [1.807, 2.05) is 19.1 Å². The van der Waals surface area contributed by atoms with Crippen LogP contribution in [0.4, 0.5) is 5.82 Å². The lowest BCUT2D eigenvalue weighted by Gasteiger charge is -2.05. The van der Waals surface area contributed by atoms with Gasteiger partial charge in [-0.25, -0.2) is 4.98 Å². The molecule has 0 saturated carbocycles. The van der Waals surface area contributed by atoms with E-state index in [9.17, 15) is 4.79 Å². The summed E-state index contributed by atoms with van der Waals surface area (Å²) in [6.07, 6.45) is 1.35. The third kappa shape index (κ3) is 5.64. The molecule has 0 bridgehead atoms. The fourth-order valence-corrected chi connectivity index (χ4v) is 1.76. The number of carbonyl (C=O) groups is 1. The van der Waals surface area contributed by atoms with Gasteiger partial charge in [0.2, 0.25) is 5.91 Å². The molecule has 0 unspecified atom stereocenters. The Bertz CT molecular complexity index is 481. The highest BCUT2D eigenvalue weighted by Gasteiger charge is 2.08. The third-order valence-electron chi connectivity index (χ3n) is 2.06. The Morgan fingerprint density at radius 1 is 1.39 bits per heavy atom. The zero-order valence-corrected chi connectivity index (χ0v) is 12.5. The first-order valence-electron chi connectivity index (χ1n) is 6.21. The zero-order chi connectivity index (χ0) is 13.6. The van der Waals surface area contributed by atoms with Gasteiger partial charge in [0.1, 0.15) is 19.6 Å². The fraction of sp³-hybridized carbons (Fsp3) is 0.429. The van der Waals surface area contributed by atoms with E-state index in [0.717, 1.165) is 6.42 Å². The summed E-state index contributed by atoms with van der Waals surface area (Å²) in [7, 11) is -1.39. The molecule has 1 aromatic heterocycles. The first-order chi connectivity index (χ1) is 8.40. The van der Waals surface area contributed by atoms with Crippen molar-refractivity contribution >= 4 is 19.8 Å². The largest absolute Gasteiger partial charge is 0.311 e. The minimum atomic E-state index is -1.39. The van der Waals surface area contributed by atoms with E-state index in [4.69, 9.17) is 0 Å². The van der Waals surface area contributed by atoms with Crippen LogP contribution < -0.4 is 5.32 Å². The molecule has 0 aromatic carbocycles. The Hall–Kier alpha value is -1.60. The number of pyridine rings is 1. The highest BCUT2D eigenvalue weighted by Crippen LogP contribution is 2.06. The third-order valence-corrected chi connectivity index (χ3v) is 2.93. The fourth-order valence-electron chi connectivity index (χ4n) is 1.26. The van der Waals surface area contributed by atoms with E-state index in [1.165, 1.54) is 0 Å². The van der Waals surface area contributed by atoms with Crippen LogP contribution in [0.2, 0.25) is 19.6 Å². The summed E-state index contributed by atoms with van der Waals surface area (Å²) in [5.41, 5.74) is 3.97. The van der Waals surface area contributed by atoms with Gasteiger partial charge >= 0.3 is 0 Å². The first-order valence-corrected chi connectivity index (χ1v) is 9.71. The summed E-state index contributed by atoms with van der Waals surface area (Å²) in [5, 5.41) is 2.77. The second-order valence-electron chi connectivity index (χ2n) is 5.21. The van der Waals surface area contributed by atoms with Gasteiger partial charge in [-0.3, -0.25) is 4.79 Å². The van der Waals surface area contributed by atoms with Gasteiger partial charge in [-0.15, -0.1) is 5.54 Å². The monoisotopic (exact) mass is 260 g/mol. The molecule has 96 valence electrons. The van der Waals surface area contributed by atoms with Crippen molar-refractivity contribution in [3.05, 3.63) is 23.9 Å². The maximum Gasteiger partial charge on any atom is 0.225 e. The number of carbonyl (C=O) groups excluding carboxylic acids is 1. The molecule has 0 saturated heterocycles. The van der Waals surface area contributed by atoms with Crippen molar-refractivity contribution in [2.24, 2.45) is 0 Å². The summed E-state index contributed by atoms with van der Waals surface area (Å²) in [6.45, 7) is 8.54. The summed E-state index contributed by atoms with van der Waals surface area (Å²) in [6, 6.07) is 5.51. The molecule has 18 heavy (non-hydrogen) atoms. The van der Waals surface area contributed by atoms with Crippen molar-refractivity contribution in [2.45, 2.75) is 39.4 Å². The van der Waals surface area contributed by atoms with Gasteiger partial charge in [-0.2, -0.15) is 0 Å². The maximum atomic E-state index is 11.5. The summed E-state index contributed by atoms with van der Waals surface area (Å²) >= 11 is 0. The van der Waals surface area contributed by atoms with Crippen molar-refractivity contribution in [2.75, 3.05) is 5.32 Å². The smallest absolute Gasteiger partial charge is 0.225 e. The van der Waals surface area contributed by atoms with Crippen LogP contribution in [-0.2, 0) is 4.79 Å². The number of rotatable bonds is 3. The molecule has 3 nitrogen and oxygen atoms in total. The number of hydrogen-bond donors (Lipinski definition) is 1. The lowest BCUT2D eigenvalue weighted by Crippen LogP contribution is -2.16. The average Bonchev–Trinajstić information content (AvgIpc) is 2.26. The predicted octanol–water partition coefficient (Wildman–Crippen LogP) is 3.05. The van der Waals surface area contributed by atoms with E-state index in [0.29, 0.717) is 17.9 Å². The second-order valence-corrected chi connectivity index (χ2v) is 9.96. The van der Waals surface area contributed by atoms with E-state index >= 15 is 0 Å². The van der Waals surface area contributed by atoms with Crippen molar-refractivity contribution in [3.63, 3.8) is 0 Å². The van der Waals surface area contributed by atoms with Crippen LogP contribution in [0.25, 0.3) is 0 Å². The van der Waals surface area contributed by atoms with Crippen molar-refractivity contribution < 1.29 is 4.79 Å². The Morgan fingerprint density at radius 3 is 2.72 bits per heavy atom. The molecule has 0 aliphatic carbocycles. The van der Waals surface area contributed by atoms with E-state index < -0.39 is 8.07 Å². The number of aromatic nitrogens is 1. The van der Waals surface area contributed by atoms with Crippen LogP contribution in [0.1, 0.15) is 25.5 Å². The quantitative estimate of drug-likeness (QED) is 0.670. The highest BCUT2D eigenvalue weighted by atomic mass is 28.3. The Kier molecular flexibility index (Phi) is 5.11. The number of nitrogens with one attached hydrogen (secondary N) is 1. The normalized spacial score (nSPS) is 10.4. The van der Waals surface area contributed by atoms with E-state index in [2.05, 4.69) is 41.4 Å². The second kappa shape index (κ2) is 6.36. The van der Waals surface area contributed by atoms with Gasteiger partial charge in [0.15, 0.2) is 0 Å². The lowest BCUT2D eigenvalue weighted by molar-refractivity contribution is -0.116. The molecule has 1 heterocycles. The molecule has 0 atom stereocenters. The Labute approximate surface area is 110 Å². The molecule has 1 rings (SSSR count). The number of nitrogens with zero attached hydrogens (tertiary/aromatic N) is 1. The molecule has 1 aromatic rings. The van der Waals surface area contributed by atoms with Gasteiger partial charge in [0.05, 0.1) is 0 Å². The van der Waals surface area contributed by atoms with Gasteiger partial charge in [0.25, 0.3) is 0 Å². The molecular formula is C14H20N2OSi. The number of anilines is 1. The molecule has 0 aliphatic heterocycles. The number of hydrogen-bond acceptors (Lipinski definition) is 2. The molecule has 1 N–H and O–H groups in total. The summed E-state index contributed by atoms with van der Waals surface area (Å²) in [5.74, 6) is 3.66. The standard InChI is InChI=1S/C14H20N2OSi/c1-5-7-14(17)16-13-9-6-8-12(15-13)10-11-18(2,3)4/h6,8-9H,5,7H2,1-4H3,(H,15,16,17). The van der Waals surface area contributed by atoms with Crippen LogP contribution in [0.5, 0.6) is 0 Å². The summed E-state index contributed by atoms with van der Waals surface area (Å²) in [4.78, 5) is 15.8. The molecule has 1 amide bonds. The molecule has 4 heteroatoms. The maximum absolute atomic E-state index is 11.5. The van der Waals surface area contributed by atoms with Crippen LogP contribution in [0, 0.1) is 11.5 Å². The first kappa shape index (κ1) is 14.5. The minimum absolute atomic E-state index is 0.000283. The van der Waals surface area contributed by atoms with Crippen LogP contribution in [-0.4, -0.2) is 19.0 Å². The summed E-state index contributed by atoms with van der Waals surface area (Å²) < 4.78 is 0. The van der Waals surface area contributed by atoms with Crippen LogP contribution in [0.3, 0.4) is 0 Å². The van der Waals surface area contributed by atoms with Gasteiger partial charge in [-0.1, -0.05) is 38.6 Å². The van der Waals surface area contributed by atoms with Crippen molar-refractivity contribution in [1.29, 1.82) is 0 Å². The van der Waals surface area contributed by atoms with Crippen molar-refractivity contribution in [3.8, 4) is 11.5 Å².